The van der Waals surface area contributed by atoms with Crippen LogP contribution in [0.3, 0.4) is 0 Å². The Morgan fingerprint density at radius 1 is 1.23 bits per heavy atom. The van der Waals surface area contributed by atoms with E-state index in [0.29, 0.717) is 30.7 Å². The van der Waals surface area contributed by atoms with Gasteiger partial charge in [0.05, 0.1) is 19.1 Å². The Bertz CT molecular complexity index is 672. The second kappa shape index (κ2) is 9.43. The van der Waals surface area contributed by atoms with Gasteiger partial charge in [0.25, 0.3) is 5.91 Å². The van der Waals surface area contributed by atoms with Gasteiger partial charge in [-0.1, -0.05) is 11.6 Å². The first-order valence-electron chi connectivity index (χ1n) is 8.54. The zero-order chi connectivity index (χ0) is 19.1. The van der Waals surface area contributed by atoms with Gasteiger partial charge in [-0.05, 0) is 43.9 Å². The maximum Gasteiger partial charge on any atom is 0.307 e. The van der Waals surface area contributed by atoms with Gasteiger partial charge in [-0.15, -0.1) is 0 Å². The largest absolute Gasteiger partial charge is 0.507 e. The number of hydrogen-bond donors (Lipinski definition) is 3. The number of rotatable bonds is 6. The molecule has 1 aromatic rings. The first-order valence-corrected chi connectivity index (χ1v) is 8.92. The average molecular weight is 383 g/mol. The lowest BCUT2D eigenvalue weighted by molar-refractivity contribution is -0.140. The number of hydrogen-bond acceptors (Lipinski definition) is 5. The first kappa shape index (κ1) is 20.0. The van der Waals surface area contributed by atoms with E-state index in [4.69, 9.17) is 11.6 Å². The molecule has 1 aliphatic carbocycles. The number of amides is 2. The summed E-state index contributed by atoms with van der Waals surface area (Å²) >= 11 is 5.86. The number of methoxy groups -OCH3 is 1. The van der Waals surface area contributed by atoms with Gasteiger partial charge in [0.1, 0.15) is 5.75 Å². The summed E-state index contributed by atoms with van der Waals surface area (Å²) in [4.78, 5) is 35.4. The Hall–Kier alpha value is -2.28. The molecule has 0 spiro atoms. The molecule has 1 aromatic carbocycles. The number of ether oxygens (including phenoxy) is 1. The van der Waals surface area contributed by atoms with Gasteiger partial charge >= 0.3 is 5.97 Å². The smallest absolute Gasteiger partial charge is 0.307 e. The fraction of sp³-hybridized carbons (Fsp3) is 0.500. The SMILES string of the molecule is COC(=O)CCNC(=O)C1CCC(NC(=O)c2cc(Cl)ccc2O)CC1. The van der Waals surface area contributed by atoms with Crippen molar-refractivity contribution in [1.82, 2.24) is 10.6 Å². The third-order valence-corrected chi connectivity index (χ3v) is 4.73. The minimum Gasteiger partial charge on any atom is -0.507 e. The van der Waals surface area contributed by atoms with Crippen LogP contribution >= 0.6 is 11.6 Å². The van der Waals surface area contributed by atoms with Gasteiger partial charge in [0.15, 0.2) is 0 Å². The molecule has 0 heterocycles. The molecule has 0 aliphatic heterocycles. The summed E-state index contributed by atoms with van der Waals surface area (Å²) in [6, 6.07) is 4.26. The molecule has 2 amide bonds. The van der Waals surface area contributed by atoms with Crippen molar-refractivity contribution >= 4 is 29.4 Å². The quantitative estimate of drug-likeness (QED) is 0.653. The molecule has 0 atom stereocenters. The maximum atomic E-state index is 12.3. The van der Waals surface area contributed by atoms with Gasteiger partial charge in [-0.2, -0.15) is 0 Å². The van der Waals surface area contributed by atoms with Gasteiger partial charge in [-0.3, -0.25) is 14.4 Å². The molecule has 2 rings (SSSR count). The van der Waals surface area contributed by atoms with E-state index < -0.39 is 0 Å². The Labute approximate surface area is 157 Å². The maximum absolute atomic E-state index is 12.3. The van der Waals surface area contributed by atoms with Crippen molar-refractivity contribution in [3.05, 3.63) is 28.8 Å². The van der Waals surface area contributed by atoms with Crippen molar-refractivity contribution in [2.75, 3.05) is 13.7 Å². The van der Waals surface area contributed by atoms with E-state index in [0.717, 1.165) is 0 Å². The Morgan fingerprint density at radius 2 is 1.92 bits per heavy atom. The van der Waals surface area contributed by atoms with Gasteiger partial charge in [-0.25, -0.2) is 0 Å². The number of aromatic hydroxyl groups is 1. The van der Waals surface area contributed by atoms with Crippen LogP contribution in [0, 0.1) is 5.92 Å². The molecule has 26 heavy (non-hydrogen) atoms. The van der Waals surface area contributed by atoms with E-state index in [-0.39, 0.29) is 54.0 Å². The number of phenolic OH excluding ortho intramolecular Hbond substituents is 1. The summed E-state index contributed by atoms with van der Waals surface area (Å²) in [5, 5.41) is 15.8. The van der Waals surface area contributed by atoms with E-state index in [1.54, 1.807) is 0 Å². The molecule has 0 aromatic heterocycles. The lowest BCUT2D eigenvalue weighted by Gasteiger charge is -2.28. The minimum atomic E-state index is -0.379. The molecule has 7 nitrogen and oxygen atoms in total. The molecule has 1 fully saturated rings. The van der Waals surface area contributed by atoms with Crippen LogP contribution in [0.15, 0.2) is 18.2 Å². The average Bonchev–Trinajstić information content (AvgIpc) is 2.63. The third kappa shape index (κ3) is 5.62. The van der Waals surface area contributed by atoms with Crippen LogP contribution in [-0.2, 0) is 14.3 Å². The molecule has 0 radical (unpaired) electrons. The van der Waals surface area contributed by atoms with Crippen LogP contribution in [0.5, 0.6) is 5.75 Å². The Kier molecular flexibility index (Phi) is 7.26. The summed E-state index contributed by atoms with van der Waals surface area (Å²) in [6.45, 7) is 0.260. The van der Waals surface area contributed by atoms with Crippen LogP contribution in [0.4, 0.5) is 0 Å². The standard InChI is InChI=1S/C18H23ClN2O5/c1-26-16(23)8-9-20-17(24)11-2-5-13(6-3-11)21-18(25)14-10-12(19)4-7-15(14)22/h4,7,10-11,13,22H,2-3,5-6,8-9H2,1H3,(H,20,24)(H,21,25). The molecule has 3 N–H and O–H groups in total. The van der Waals surface area contributed by atoms with E-state index in [9.17, 15) is 19.5 Å². The van der Waals surface area contributed by atoms with Gasteiger partial charge in [0.2, 0.25) is 5.91 Å². The molecule has 8 heteroatoms. The molecule has 0 unspecified atom stereocenters. The van der Waals surface area contributed by atoms with Crippen LogP contribution in [0.25, 0.3) is 0 Å². The predicted molar refractivity (Wildman–Crippen MR) is 96.0 cm³/mol. The fourth-order valence-corrected chi connectivity index (χ4v) is 3.16. The molecule has 1 aliphatic rings. The van der Waals surface area contributed by atoms with Crippen molar-refractivity contribution in [2.24, 2.45) is 5.92 Å². The Morgan fingerprint density at radius 3 is 2.58 bits per heavy atom. The third-order valence-electron chi connectivity index (χ3n) is 4.49. The first-order chi connectivity index (χ1) is 12.4. The van der Waals surface area contributed by atoms with E-state index in [2.05, 4.69) is 15.4 Å². The lowest BCUT2D eigenvalue weighted by atomic mass is 9.85. The number of benzene rings is 1. The summed E-state index contributed by atoms with van der Waals surface area (Å²) in [5.74, 6) is -1.06. The second-order valence-electron chi connectivity index (χ2n) is 6.30. The molecule has 1 saturated carbocycles. The van der Waals surface area contributed by atoms with E-state index >= 15 is 0 Å². The highest BCUT2D eigenvalue weighted by atomic mass is 35.5. The summed E-state index contributed by atoms with van der Waals surface area (Å²) < 4.78 is 4.52. The van der Waals surface area contributed by atoms with Crippen LogP contribution < -0.4 is 10.6 Å². The summed E-state index contributed by atoms with van der Waals surface area (Å²) in [5.41, 5.74) is 0.139. The van der Waals surface area contributed by atoms with Crippen molar-refractivity contribution in [2.45, 2.75) is 38.1 Å². The fourth-order valence-electron chi connectivity index (χ4n) is 2.99. The van der Waals surface area contributed by atoms with Crippen molar-refractivity contribution in [3.8, 4) is 5.75 Å². The number of phenols is 1. The molecular formula is C18H23ClN2O5. The zero-order valence-electron chi connectivity index (χ0n) is 14.6. The van der Waals surface area contributed by atoms with Crippen molar-refractivity contribution < 1.29 is 24.2 Å². The molecule has 142 valence electrons. The molecule has 0 bridgehead atoms. The zero-order valence-corrected chi connectivity index (χ0v) is 15.3. The van der Waals surface area contributed by atoms with Crippen LogP contribution in [0.2, 0.25) is 5.02 Å². The van der Waals surface area contributed by atoms with Crippen molar-refractivity contribution in [3.63, 3.8) is 0 Å². The molecule has 0 saturated heterocycles. The number of carbonyl (C=O) groups excluding carboxylic acids is 3. The second-order valence-corrected chi connectivity index (χ2v) is 6.74. The number of halogens is 1. The van der Waals surface area contributed by atoms with Gasteiger partial charge < -0.3 is 20.5 Å². The Balaban J connectivity index is 1.77. The van der Waals surface area contributed by atoms with Crippen molar-refractivity contribution in [1.29, 1.82) is 0 Å². The van der Waals surface area contributed by atoms with E-state index in [1.165, 1.54) is 25.3 Å². The highest BCUT2D eigenvalue weighted by Gasteiger charge is 2.27. The highest BCUT2D eigenvalue weighted by Crippen LogP contribution is 2.26. The summed E-state index contributed by atoms with van der Waals surface area (Å²) in [6.07, 6.45) is 2.79. The number of nitrogens with one attached hydrogen (secondary N) is 2. The highest BCUT2D eigenvalue weighted by molar-refractivity contribution is 6.31. The van der Waals surface area contributed by atoms with Gasteiger partial charge in [0, 0.05) is 23.5 Å². The monoisotopic (exact) mass is 382 g/mol. The normalized spacial score (nSPS) is 19.5. The topological polar surface area (TPSA) is 105 Å². The molecular weight excluding hydrogens is 360 g/mol. The lowest BCUT2D eigenvalue weighted by Crippen LogP contribution is -2.41. The number of carbonyl (C=O) groups is 3. The minimum absolute atomic E-state index is 0.0556. The van der Waals surface area contributed by atoms with Crippen LogP contribution in [0.1, 0.15) is 42.5 Å². The predicted octanol–water partition coefficient (Wildman–Crippen LogP) is 2.01. The van der Waals surface area contributed by atoms with E-state index in [1.807, 2.05) is 0 Å². The summed E-state index contributed by atoms with van der Waals surface area (Å²) in [7, 11) is 1.31. The number of esters is 1. The van der Waals surface area contributed by atoms with Crippen LogP contribution in [-0.4, -0.2) is 42.6 Å².